The zero-order chi connectivity index (χ0) is 22.3. The third-order valence-electron chi connectivity index (χ3n) is 7.56. The number of hydrogen-bond donors (Lipinski definition) is 2. The molecule has 3 fully saturated rings. The number of carbonyl (C=O) groups excluding carboxylic acids is 1. The second-order valence-electron chi connectivity index (χ2n) is 9.61. The minimum Gasteiger partial charge on any atom is -0.379 e. The van der Waals surface area contributed by atoms with Crippen LogP contribution in [0.5, 0.6) is 0 Å². The molecular weight excluding hydrogens is 414 g/mol. The number of anilines is 1. The van der Waals surface area contributed by atoms with Crippen molar-refractivity contribution < 1.29 is 4.79 Å². The van der Waals surface area contributed by atoms with Gasteiger partial charge in [0.05, 0.1) is 17.9 Å². The first-order valence-corrected chi connectivity index (χ1v) is 11.3. The van der Waals surface area contributed by atoms with Crippen molar-refractivity contribution in [2.24, 2.45) is 23.2 Å². The Labute approximate surface area is 187 Å². The minimum absolute atomic E-state index is 0.0793. The first-order chi connectivity index (χ1) is 14.7. The maximum Gasteiger partial charge on any atom is 0.288 e. The Kier molecular flexibility index (Phi) is 5.81. The van der Waals surface area contributed by atoms with Crippen LogP contribution in [0.1, 0.15) is 52.1 Å². The fourth-order valence-corrected chi connectivity index (χ4v) is 5.58. The van der Waals surface area contributed by atoms with Crippen molar-refractivity contribution in [2.75, 3.05) is 5.32 Å². The minimum atomic E-state index is -0.465. The molecule has 0 radical (unpaired) electrons. The zero-order valence-corrected chi connectivity index (χ0v) is 19.2. The highest BCUT2D eigenvalue weighted by Gasteiger charge is 2.56. The van der Waals surface area contributed by atoms with Crippen molar-refractivity contribution in [1.82, 2.24) is 20.1 Å². The van der Waals surface area contributed by atoms with Gasteiger partial charge in [0, 0.05) is 18.4 Å². The lowest BCUT2D eigenvalue weighted by molar-refractivity contribution is -0.122. The molecule has 5 atom stereocenters. The normalized spacial score (nSPS) is 27.1. The lowest BCUT2D eigenvalue weighted by atomic mass is 9.45. The summed E-state index contributed by atoms with van der Waals surface area (Å²) in [5.41, 5.74) is 1.41. The average Bonchev–Trinajstić information content (AvgIpc) is 2.74. The van der Waals surface area contributed by atoms with Crippen LogP contribution in [-0.4, -0.2) is 26.7 Å². The lowest BCUT2D eigenvalue weighted by Crippen LogP contribution is -2.58. The molecule has 2 heterocycles. The summed E-state index contributed by atoms with van der Waals surface area (Å²) in [7, 11) is 0. The van der Waals surface area contributed by atoms with Crippen LogP contribution < -0.4 is 16.2 Å². The number of pyridine rings is 1. The number of aromatic nitrogens is 3. The largest absolute Gasteiger partial charge is 0.379 e. The molecule has 0 spiro atoms. The molecule has 2 aromatic rings. The number of nitrogens with zero attached hydrogens (tertiary/aromatic N) is 3. The Morgan fingerprint density at radius 1 is 1.32 bits per heavy atom. The number of halogens is 1. The van der Waals surface area contributed by atoms with Gasteiger partial charge in [-0.05, 0) is 60.6 Å². The van der Waals surface area contributed by atoms with Crippen molar-refractivity contribution in [2.45, 2.75) is 59.2 Å². The molecule has 3 aliphatic rings. The molecule has 7 nitrogen and oxygen atoms in total. The fraction of sp³-hybridized carbons (Fsp3) is 0.565. The van der Waals surface area contributed by atoms with E-state index < -0.39 is 5.56 Å². The third-order valence-corrected chi connectivity index (χ3v) is 7.92. The van der Waals surface area contributed by atoms with Gasteiger partial charge in [-0.1, -0.05) is 32.4 Å². The summed E-state index contributed by atoms with van der Waals surface area (Å²) in [6.45, 7) is 8.67. The molecule has 0 saturated heterocycles. The van der Waals surface area contributed by atoms with Crippen LogP contribution in [0.25, 0.3) is 0 Å². The summed E-state index contributed by atoms with van der Waals surface area (Å²) in [5, 5.41) is 10.6. The van der Waals surface area contributed by atoms with E-state index in [0.29, 0.717) is 28.9 Å². The molecule has 3 aliphatic carbocycles. The molecule has 0 aromatic carbocycles. The van der Waals surface area contributed by atoms with Gasteiger partial charge in [-0.2, -0.15) is 5.10 Å². The number of fused-ring (bicyclic) bond motifs is 2. The number of hydrogen-bond acceptors (Lipinski definition) is 5. The van der Waals surface area contributed by atoms with E-state index in [1.54, 1.807) is 18.6 Å². The van der Waals surface area contributed by atoms with Gasteiger partial charge < -0.3 is 10.6 Å². The Morgan fingerprint density at radius 2 is 2.03 bits per heavy atom. The van der Waals surface area contributed by atoms with Gasteiger partial charge in [0.25, 0.3) is 5.56 Å². The summed E-state index contributed by atoms with van der Waals surface area (Å²) in [6, 6.07) is 3.75. The van der Waals surface area contributed by atoms with Crippen molar-refractivity contribution in [3.63, 3.8) is 0 Å². The molecule has 3 saturated carbocycles. The summed E-state index contributed by atoms with van der Waals surface area (Å²) in [5.74, 6) is 1.57. The number of amides is 1. The number of carbonyl (C=O) groups is 1. The molecule has 31 heavy (non-hydrogen) atoms. The van der Waals surface area contributed by atoms with Gasteiger partial charge in [0.2, 0.25) is 5.91 Å². The quantitative estimate of drug-likeness (QED) is 0.711. The van der Waals surface area contributed by atoms with Gasteiger partial charge in [0.15, 0.2) is 0 Å². The topological polar surface area (TPSA) is 88.9 Å². The summed E-state index contributed by atoms with van der Waals surface area (Å²) in [6.07, 6.45) is 7.26. The van der Waals surface area contributed by atoms with Crippen LogP contribution >= 0.6 is 11.6 Å². The van der Waals surface area contributed by atoms with Crippen molar-refractivity contribution in [3.8, 4) is 0 Å². The maximum absolute atomic E-state index is 12.7. The Hall–Kier alpha value is -2.41. The van der Waals surface area contributed by atoms with Crippen molar-refractivity contribution in [3.05, 3.63) is 51.7 Å². The van der Waals surface area contributed by atoms with E-state index in [4.69, 9.17) is 11.6 Å². The van der Waals surface area contributed by atoms with Gasteiger partial charge in [0.1, 0.15) is 11.6 Å². The first kappa shape index (κ1) is 21.8. The summed E-state index contributed by atoms with van der Waals surface area (Å²) >= 11 is 6.38. The first-order valence-electron chi connectivity index (χ1n) is 10.9. The van der Waals surface area contributed by atoms with E-state index in [1.807, 2.05) is 19.1 Å². The van der Waals surface area contributed by atoms with Crippen LogP contribution in [0, 0.1) is 23.2 Å². The highest BCUT2D eigenvalue weighted by atomic mass is 35.5. The van der Waals surface area contributed by atoms with E-state index in [0.717, 1.165) is 16.7 Å². The standard InChI is InChI=1S/C23H30ClN5O2/c1-13-17-9-16(23(17,3)4)10-18(13)28-19-11-26-29(22(31)21(19)24)12-20(30)27-14(2)15-5-7-25-8-6-15/h5-8,11,13-14,16-18,28H,9-10,12H2,1-4H3,(H,27,30)/t13-,14-,16-,17+,18-/m1/s1. The molecular formula is C23H30ClN5O2. The second-order valence-corrected chi connectivity index (χ2v) is 9.99. The maximum atomic E-state index is 12.7. The van der Waals surface area contributed by atoms with Crippen LogP contribution in [-0.2, 0) is 11.3 Å². The van der Waals surface area contributed by atoms with Crippen LogP contribution in [0.2, 0.25) is 5.02 Å². The molecule has 2 N–H and O–H groups in total. The smallest absolute Gasteiger partial charge is 0.288 e. The molecule has 2 bridgehead atoms. The SMILES string of the molecule is C[C@H]1[C@H](Nc2cnn(CC(=O)N[C@H](C)c3ccncc3)c(=O)c2Cl)C[C@H]2C[C@@H]1C2(C)C. The predicted molar refractivity (Wildman–Crippen MR) is 121 cm³/mol. The summed E-state index contributed by atoms with van der Waals surface area (Å²) < 4.78 is 1.10. The van der Waals surface area contributed by atoms with Crippen LogP contribution in [0.4, 0.5) is 5.69 Å². The van der Waals surface area contributed by atoms with Crippen molar-refractivity contribution in [1.29, 1.82) is 0 Å². The monoisotopic (exact) mass is 443 g/mol. The summed E-state index contributed by atoms with van der Waals surface area (Å²) in [4.78, 5) is 29.1. The molecule has 166 valence electrons. The van der Waals surface area contributed by atoms with Gasteiger partial charge >= 0.3 is 0 Å². The van der Waals surface area contributed by atoms with E-state index in [-0.39, 0.29) is 29.6 Å². The van der Waals surface area contributed by atoms with E-state index in [1.165, 1.54) is 6.42 Å². The van der Waals surface area contributed by atoms with Crippen LogP contribution in [0.15, 0.2) is 35.5 Å². The van der Waals surface area contributed by atoms with Gasteiger partial charge in [-0.25, -0.2) is 4.68 Å². The van der Waals surface area contributed by atoms with E-state index in [2.05, 4.69) is 41.5 Å². The van der Waals surface area contributed by atoms with E-state index >= 15 is 0 Å². The Balaban J connectivity index is 1.41. The number of rotatable bonds is 6. The van der Waals surface area contributed by atoms with Crippen LogP contribution in [0.3, 0.4) is 0 Å². The third kappa shape index (κ3) is 4.07. The van der Waals surface area contributed by atoms with Crippen molar-refractivity contribution >= 4 is 23.2 Å². The molecule has 0 aliphatic heterocycles. The molecule has 5 rings (SSSR count). The lowest BCUT2D eigenvalue weighted by Gasteiger charge is -2.62. The zero-order valence-electron chi connectivity index (χ0n) is 18.4. The Bertz CT molecular complexity index is 1020. The molecule has 0 unspecified atom stereocenters. The van der Waals surface area contributed by atoms with Gasteiger partial charge in [-0.15, -0.1) is 0 Å². The predicted octanol–water partition coefficient (Wildman–Crippen LogP) is 3.65. The second kappa shape index (κ2) is 8.26. The average molecular weight is 444 g/mol. The fourth-order valence-electron chi connectivity index (χ4n) is 5.38. The molecule has 8 heteroatoms. The highest BCUT2D eigenvalue weighted by molar-refractivity contribution is 6.32. The molecule has 2 aromatic heterocycles. The number of nitrogens with one attached hydrogen (secondary N) is 2. The van der Waals surface area contributed by atoms with E-state index in [9.17, 15) is 9.59 Å². The van der Waals surface area contributed by atoms with Gasteiger partial charge in [-0.3, -0.25) is 14.6 Å². The highest BCUT2D eigenvalue weighted by Crippen LogP contribution is 2.61. The Morgan fingerprint density at radius 3 is 2.68 bits per heavy atom. The molecule has 1 amide bonds.